The van der Waals surface area contributed by atoms with Crippen LogP contribution in [0.3, 0.4) is 0 Å². The van der Waals surface area contributed by atoms with Crippen LogP contribution in [0.2, 0.25) is 0 Å². The smallest absolute Gasteiger partial charge is 0.164 e. The van der Waals surface area contributed by atoms with Crippen LogP contribution in [-0.4, -0.2) is 18.0 Å². The number of hydrogen-bond acceptors (Lipinski definition) is 2. The molecule has 0 saturated heterocycles. The molecule has 88 valence electrons. The molecule has 1 rings (SSSR count). The number of carbonyl (C=O) groups excluding carboxylic acids is 1. The fraction of sp³-hybridized carbons (Fsp3) is 0.923. The number of ketones is 1. The van der Waals surface area contributed by atoms with Crippen molar-refractivity contribution in [3.05, 3.63) is 0 Å². The second-order valence-corrected chi connectivity index (χ2v) is 4.85. The molecule has 2 nitrogen and oxygen atoms in total. The second-order valence-electron chi connectivity index (χ2n) is 4.85. The molecule has 0 N–H and O–H groups in total. The first-order valence-electron chi connectivity index (χ1n) is 6.34. The molecule has 1 atom stereocenters. The first kappa shape index (κ1) is 12.7. The van der Waals surface area contributed by atoms with Crippen molar-refractivity contribution in [3.8, 4) is 0 Å². The topological polar surface area (TPSA) is 26.3 Å². The van der Waals surface area contributed by atoms with Crippen LogP contribution in [0, 0.1) is 5.92 Å². The van der Waals surface area contributed by atoms with E-state index in [4.69, 9.17) is 4.74 Å². The molecule has 0 heterocycles. The zero-order valence-electron chi connectivity index (χ0n) is 10.3. The van der Waals surface area contributed by atoms with Crippen LogP contribution in [0.5, 0.6) is 0 Å². The third-order valence-electron chi connectivity index (χ3n) is 3.17. The molecular weight excluding hydrogens is 188 g/mol. The van der Waals surface area contributed by atoms with Crippen molar-refractivity contribution < 1.29 is 9.53 Å². The van der Waals surface area contributed by atoms with Crippen molar-refractivity contribution in [2.75, 3.05) is 0 Å². The minimum atomic E-state index is -0.159. The molecule has 0 aromatic rings. The molecule has 0 bridgehead atoms. The van der Waals surface area contributed by atoms with Gasteiger partial charge in [-0.05, 0) is 19.3 Å². The molecule has 1 aliphatic rings. The number of hydrogen-bond donors (Lipinski definition) is 0. The minimum absolute atomic E-state index is 0.0959. The summed E-state index contributed by atoms with van der Waals surface area (Å²) in [6.45, 7) is 5.94. The van der Waals surface area contributed by atoms with Gasteiger partial charge in [0.05, 0.1) is 6.10 Å². The molecule has 0 radical (unpaired) electrons. The van der Waals surface area contributed by atoms with E-state index in [0.717, 1.165) is 19.3 Å². The van der Waals surface area contributed by atoms with Crippen LogP contribution < -0.4 is 0 Å². The lowest BCUT2D eigenvalue weighted by atomic mass is 9.96. The van der Waals surface area contributed by atoms with Gasteiger partial charge in [-0.1, -0.05) is 40.0 Å². The Hall–Kier alpha value is -0.370. The molecule has 15 heavy (non-hydrogen) atoms. The molecule has 1 aliphatic carbocycles. The summed E-state index contributed by atoms with van der Waals surface area (Å²) in [5, 5.41) is 0. The Morgan fingerprint density at radius 2 is 1.87 bits per heavy atom. The van der Waals surface area contributed by atoms with Gasteiger partial charge in [0, 0.05) is 5.92 Å². The Kier molecular flexibility index (Phi) is 5.30. The maximum Gasteiger partial charge on any atom is 0.164 e. The average Bonchev–Trinajstić information content (AvgIpc) is 2.26. The first-order chi connectivity index (χ1) is 7.15. The van der Waals surface area contributed by atoms with Crippen molar-refractivity contribution in [3.63, 3.8) is 0 Å². The third-order valence-corrected chi connectivity index (χ3v) is 3.17. The van der Waals surface area contributed by atoms with Crippen LogP contribution in [0.15, 0.2) is 0 Å². The van der Waals surface area contributed by atoms with Crippen molar-refractivity contribution in [1.29, 1.82) is 0 Å². The standard InChI is InChI=1S/C13H24O2/c1-4-12(13(14)10(2)3)15-11-8-6-5-7-9-11/h10-12H,4-9H2,1-3H3/t12-/m1/s1. The number of carbonyl (C=O) groups is 1. The van der Waals surface area contributed by atoms with Crippen LogP contribution in [0.25, 0.3) is 0 Å². The zero-order valence-corrected chi connectivity index (χ0v) is 10.3. The zero-order chi connectivity index (χ0) is 11.3. The minimum Gasteiger partial charge on any atom is -0.367 e. The predicted molar refractivity (Wildman–Crippen MR) is 61.9 cm³/mol. The Morgan fingerprint density at radius 3 is 2.33 bits per heavy atom. The molecule has 1 saturated carbocycles. The Balaban J connectivity index is 2.41. The van der Waals surface area contributed by atoms with Crippen molar-refractivity contribution in [2.45, 2.75) is 71.5 Å². The van der Waals surface area contributed by atoms with Crippen LogP contribution in [-0.2, 0) is 9.53 Å². The molecule has 0 aliphatic heterocycles. The highest BCUT2D eigenvalue weighted by Crippen LogP contribution is 2.23. The lowest BCUT2D eigenvalue weighted by molar-refractivity contribution is -0.139. The van der Waals surface area contributed by atoms with Gasteiger partial charge < -0.3 is 4.74 Å². The van der Waals surface area contributed by atoms with E-state index in [-0.39, 0.29) is 17.8 Å². The monoisotopic (exact) mass is 212 g/mol. The van der Waals surface area contributed by atoms with Gasteiger partial charge in [-0.3, -0.25) is 4.79 Å². The molecule has 0 amide bonds. The van der Waals surface area contributed by atoms with E-state index in [1.54, 1.807) is 0 Å². The highest BCUT2D eigenvalue weighted by molar-refractivity contribution is 5.84. The van der Waals surface area contributed by atoms with Gasteiger partial charge in [-0.15, -0.1) is 0 Å². The number of ether oxygens (including phenoxy) is 1. The van der Waals surface area contributed by atoms with E-state index < -0.39 is 0 Å². The summed E-state index contributed by atoms with van der Waals surface area (Å²) in [4.78, 5) is 11.8. The Bertz CT molecular complexity index is 193. The van der Waals surface area contributed by atoms with E-state index in [1.165, 1.54) is 19.3 Å². The number of Topliss-reactive ketones (excluding diaryl/α,β-unsaturated/α-hetero) is 1. The summed E-state index contributed by atoms with van der Waals surface area (Å²) in [7, 11) is 0. The maximum atomic E-state index is 11.8. The highest BCUT2D eigenvalue weighted by atomic mass is 16.5. The van der Waals surface area contributed by atoms with E-state index in [9.17, 15) is 4.79 Å². The van der Waals surface area contributed by atoms with Crippen LogP contribution >= 0.6 is 0 Å². The number of rotatable bonds is 5. The third kappa shape index (κ3) is 3.94. The SMILES string of the molecule is CC[C@@H](OC1CCCCC1)C(=O)C(C)C. The van der Waals surface area contributed by atoms with Gasteiger partial charge in [-0.25, -0.2) is 0 Å². The fourth-order valence-corrected chi connectivity index (χ4v) is 2.17. The lowest BCUT2D eigenvalue weighted by Crippen LogP contribution is -2.32. The summed E-state index contributed by atoms with van der Waals surface area (Å²) in [5.41, 5.74) is 0. The van der Waals surface area contributed by atoms with Gasteiger partial charge >= 0.3 is 0 Å². The molecule has 0 aromatic carbocycles. The molecule has 0 unspecified atom stereocenters. The maximum absolute atomic E-state index is 11.8. The van der Waals surface area contributed by atoms with E-state index >= 15 is 0 Å². The highest BCUT2D eigenvalue weighted by Gasteiger charge is 2.24. The van der Waals surface area contributed by atoms with Crippen LogP contribution in [0.4, 0.5) is 0 Å². The summed E-state index contributed by atoms with van der Waals surface area (Å²) in [5.74, 6) is 0.363. The quantitative estimate of drug-likeness (QED) is 0.698. The van der Waals surface area contributed by atoms with Gasteiger partial charge in [0.1, 0.15) is 6.10 Å². The van der Waals surface area contributed by atoms with E-state index in [1.807, 2.05) is 20.8 Å². The lowest BCUT2D eigenvalue weighted by Gasteiger charge is -2.27. The summed E-state index contributed by atoms with van der Waals surface area (Å²) >= 11 is 0. The predicted octanol–water partition coefficient (Wildman–Crippen LogP) is 3.34. The molecule has 0 aromatic heterocycles. The van der Waals surface area contributed by atoms with Gasteiger partial charge in [0.15, 0.2) is 5.78 Å². The Labute approximate surface area is 93.4 Å². The second kappa shape index (κ2) is 6.26. The van der Waals surface area contributed by atoms with Crippen LogP contribution in [0.1, 0.15) is 59.3 Å². The summed E-state index contributed by atoms with van der Waals surface area (Å²) in [6, 6.07) is 0. The molecule has 0 spiro atoms. The largest absolute Gasteiger partial charge is 0.367 e. The summed E-state index contributed by atoms with van der Waals surface area (Å²) in [6.07, 6.45) is 7.12. The van der Waals surface area contributed by atoms with E-state index in [2.05, 4.69) is 0 Å². The molecule has 2 heteroatoms. The molecular formula is C13H24O2. The van der Waals surface area contributed by atoms with Gasteiger partial charge in [0.2, 0.25) is 0 Å². The summed E-state index contributed by atoms with van der Waals surface area (Å²) < 4.78 is 5.91. The van der Waals surface area contributed by atoms with Gasteiger partial charge in [0.25, 0.3) is 0 Å². The van der Waals surface area contributed by atoms with Crippen molar-refractivity contribution in [1.82, 2.24) is 0 Å². The molecule has 1 fully saturated rings. The van der Waals surface area contributed by atoms with E-state index in [0.29, 0.717) is 6.10 Å². The fourth-order valence-electron chi connectivity index (χ4n) is 2.17. The first-order valence-corrected chi connectivity index (χ1v) is 6.34. The Morgan fingerprint density at radius 1 is 1.27 bits per heavy atom. The van der Waals surface area contributed by atoms with Crippen molar-refractivity contribution >= 4 is 5.78 Å². The normalized spacial score (nSPS) is 20.5. The van der Waals surface area contributed by atoms with Gasteiger partial charge in [-0.2, -0.15) is 0 Å². The average molecular weight is 212 g/mol. The van der Waals surface area contributed by atoms with Crippen molar-refractivity contribution in [2.24, 2.45) is 5.92 Å².